The molecular weight excluding hydrogens is 388 g/mol. The van der Waals surface area contributed by atoms with E-state index in [1.54, 1.807) is 18.9 Å². The predicted molar refractivity (Wildman–Crippen MR) is 111 cm³/mol. The summed E-state index contributed by atoms with van der Waals surface area (Å²) in [7, 11) is 3.28. The number of ether oxygens (including phenoxy) is 2. The Morgan fingerprint density at radius 2 is 1.86 bits per heavy atom. The van der Waals surface area contributed by atoms with Gasteiger partial charge in [0.2, 0.25) is 11.0 Å². The summed E-state index contributed by atoms with van der Waals surface area (Å²) in [6, 6.07) is 13.6. The standard InChI is InChI=1S/C21H18N4O3S/c1-27-13-5-3-12(4-6-13)15-10-19(26)24-20-16(15)11-22-25(20)21-23-17-8-7-14(28-2)9-18(17)29-21/h3-9,11,15H,10H2,1-2H3,(H,24,26)/t15-/m1/s1. The molecular formula is C21H18N4O3S. The number of aromatic nitrogens is 3. The van der Waals surface area contributed by atoms with Crippen LogP contribution in [0.2, 0.25) is 0 Å². The number of rotatable bonds is 4. The number of methoxy groups -OCH3 is 2. The van der Waals surface area contributed by atoms with Crippen LogP contribution in [-0.4, -0.2) is 34.9 Å². The lowest BCUT2D eigenvalue weighted by Crippen LogP contribution is -2.24. The van der Waals surface area contributed by atoms with Crippen LogP contribution in [0.15, 0.2) is 48.7 Å². The summed E-state index contributed by atoms with van der Waals surface area (Å²) in [6.07, 6.45) is 2.19. The van der Waals surface area contributed by atoms with E-state index in [0.717, 1.165) is 32.8 Å². The fourth-order valence-electron chi connectivity index (χ4n) is 3.61. The summed E-state index contributed by atoms with van der Waals surface area (Å²) in [5, 5.41) is 8.22. The Kier molecular flexibility index (Phi) is 4.21. The molecule has 0 bridgehead atoms. The summed E-state index contributed by atoms with van der Waals surface area (Å²) in [5.74, 6) is 2.14. The Bertz CT molecular complexity index is 1210. The third-order valence-corrected chi connectivity index (χ3v) is 6.10. The first-order valence-corrected chi connectivity index (χ1v) is 9.94. The molecule has 0 spiro atoms. The highest BCUT2D eigenvalue weighted by Crippen LogP contribution is 2.39. The van der Waals surface area contributed by atoms with E-state index < -0.39 is 0 Å². The Hall–Kier alpha value is -3.39. The number of fused-ring (bicyclic) bond motifs is 2. The van der Waals surface area contributed by atoms with Gasteiger partial charge in [0.05, 0.1) is 30.6 Å². The number of hydrogen-bond donors (Lipinski definition) is 1. The lowest BCUT2D eigenvalue weighted by molar-refractivity contribution is -0.116. The highest BCUT2D eigenvalue weighted by Gasteiger charge is 2.31. The van der Waals surface area contributed by atoms with Gasteiger partial charge in [-0.15, -0.1) is 0 Å². The van der Waals surface area contributed by atoms with E-state index in [1.165, 1.54) is 11.3 Å². The maximum atomic E-state index is 12.5. The number of anilines is 1. The van der Waals surface area contributed by atoms with Gasteiger partial charge in [-0.05, 0) is 35.9 Å². The number of nitrogens with one attached hydrogen (secondary N) is 1. The molecule has 0 saturated heterocycles. The lowest BCUT2D eigenvalue weighted by Gasteiger charge is -2.23. The van der Waals surface area contributed by atoms with Gasteiger partial charge in [0.25, 0.3) is 0 Å². The Morgan fingerprint density at radius 3 is 2.62 bits per heavy atom. The third kappa shape index (κ3) is 3.01. The van der Waals surface area contributed by atoms with Crippen molar-refractivity contribution in [2.75, 3.05) is 19.5 Å². The zero-order valence-electron chi connectivity index (χ0n) is 15.9. The van der Waals surface area contributed by atoms with E-state index in [1.807, 2.05) is 48.7 Å². The van der Waals surface area contributed by atoms with Crippen LogP contribution in [0.25, 0.3) is 15.3 Å². The van der Waals surface area contributed by atoms with Crippen molar-refractivity contribution >= 4 is 33.3 Å². The monoisotopic (exact) mass is 406 g/mol. The van der Waals surface area contributed by atoms with E-state index in [-0.39, 0.29) is 11.8 Å². The molecule has 8 heteroatoms. The van der Waals surface area contributed by atoms with E-state index in [0.29, 0.717) is 17.4 Å². The second-order valence-corrected chi connectivity index (χ2v) is 7.78. The number of hydrogen-bond acceptors (Lipinski definition) is 6. The summed E-state index contributed by atoms with van der Waals surface area (Å²) >= 11 is 1.50. The van der Waals surface area contributed by atoms with Gasteiger partial charge < -0.3 is 14.8 Å². The molecule has 7 nitrogen and oxygen atoms in total. The number of benzene rings is 2. The van der Waals surface area contributed by atoms with E-state index in [4.69, 9.17) is 9.47 Å². The molecule has 5 rings (SSSR count). The quantitative estimate of drug-likeness (QED) is 0.555. The molecule has 1 atom stereocenters. The normalized spacial score (nSPS) is 15.8. The second kappa shape index (κ2) is 6.89. The first kappa shape index (κ1) is 17.7. The summed E-state index contributed by atoms with van der Waals surface area (Å²) in [5.41, 5.74) is 2.89. The van der Waals surface area contributed by atoms with Gasteiger partial charge in [-0.25, -0.2) is 4.98 Å². The van der Waals surface area contributed by atoms with E-state index in [2.05, 4.69) is 15.4 Å². The van der Waals surface area contributed by atoms with Crippen LogP contribution in [0.5, 0.6) is 11.5 Å². The smallest absolute Gasteiger partial charge is 0.226 e. The topological polar surface area (TPSA) is 78.3 Å². The predicted octanol–water partition coefficient (Wildman–Crippen LogP) is 3.97. The minimum Gasteiger partial charge on any atom is -0.497 e. The Balaban J connectivity index is 1.57. The van der Waals surface area contributed by atoms with Gasteiger partial charge in [-0.2, -0.15) is 9.78 Å². The van der Waals surface area contributed by atoms with E-state index >= 15 is 0 Å². The fourth-order valence-corrected chi connectivity index (χ4v) is 4.57. The van der Waals surface area contributed by atoms with Crippen LogP contribution < -0.4 is 14.8 Å². The van der Waals surface area contributed by atoms with E-state index in [9.17, 15) is 4.79 Å². The van der Waals surface area contributed by atoms with Gasteiger partial charge in [0.15, 0.2) is 0 Å². The van der Waals surface area contributed by atoms with Crippen LogP contribution in [-0.2, 0) is 4.79 Å². The zero-order valence-corrected chi connectivity index (χ0v) is 16.7. The number of carbonyl (C=O) groups excluding carboxylic acids is 1. The fraction of sp³-hybridized carbons (Fsp3) is 0.190. The molecule has 2 aromatic heterocycles. The molecule has 146 valence electrons. The molecule has 2 aromatic carbocycles. The van der Waals surface area contributed by atoms with Crippen molar-refractivity contribution < 1.29 is 14.3 Å². The molecule has 1 N–H and O–H groups in total. The minimum absolute atomic E-state index is 0.0390. The number of thiazole rings is 1. The van der Waals surface area contributed by atoms with Gasteiger partial charge in [0.1, 0.15) is 17.3 Å². The average molecular weight is 406 g/mol. The molecule has 0 aliphatic carbocycles. The average Bonchev–Trinajstić information content (AvgIpc) is 3.36. The van der Waals surface area contributed by atoms with Crippen molar-refractivity contribution in [3.63, 3.8) is 0 Å². The summed E-state index contributed by atoms with van der Waals surface area (Å²) in [4.78, 5) is 17.1. The van der Waals surface area contributed by atoms with Crippen LogP contribution >= 0.6 is 11.3 Å². The van der Waals surface area contributed by atoms with Gasteiger partial charge in [0, 0.05) is 17.9 Å². The van der Waals surface area contributed by atoms with Crippen LogP contribution in [0.3, 0.4) is 0 Å². The third-order valence-electron chi connectivity index (χ3n) is 5.10. The molecule has 1 aliphatic heterocycles. The molecule has 29 heavy (non-hydrogen) atoms. The lowest BCUT2D eigenvalue weighted by atomic mass is 9.87. The molecule has 0 radical (unpaired) electrons. The highest BCUT2D eigenvalue weighted by atomic mass is 32.1. The first-order valence-electron chi connectivity index (χ1n) is 9.13. The zero-order chi connectivity index (χ0) is 20.0. The molecule has 0 saturated carbocycles. The molecule has 0 unspecified atom stereocenters. The Labute approximate surface area is 170 Å². The van der Waals surface area contributed by atoms with Crippen molar-refractivity contribution in [2.24, 2.45) is 0 Å². The summed E-state index contributed by atoms with van der Waals surface area (Å²) in [6.45, 7) is 0. The van der Waals surface area contributed by atoms with Crippen molar-refractivity contribution in [2.45, 2.75) is 12.3 Å². The van der Waals surface area contributed by atoms with Gasteiger partial charge >= 0.3 is 0 Å². The maximum absolute atomic E-state index is 12.5. The molecule has 1 amide bonds. The number of amides is 1. The van der Waals surface area contributed by atoms with Crippen molar-refractivity contribution in [1.82, 2.24) is 14.8 Å². The molecule has 0 fully saturated rings. The van der Waals surface area contributed by atoms with Crippen molar-refractivity contribution in [3.05, 3.63) is 59.8 Å². The van der Waals surface area contributed by atoms with Gasteiger partial charge in [-0.1, -0.05) is 23.5 Å². The van der Waals surface area contributed by atoms with Crippen molar-refractivity contribution in [3.8, 4) is 16.6 Å². The highest BCUT2D eigenvalue weighted by molar-refractivity contribution is 7.20. The molecule has 1 aliphatic rings. The number of carbonyl (C=O) groups is 1. The minimum atomic E-state index is -0.0621. The second-order valence-electron chi connectivity index (χ2n) is 6.77. The SMILES string of the molecule is COc1ccc([C@H]2CC(=O)Nc3c2cnn3-c2nc3ccc(OC)cc3s2)cc1. The molecule has 3 heterocycles. The maximum Gasteiger partial charge on any atom is 0.226 e. The first-order chi connectivity index (χ1) is 14.2. The summed E-state index contributed by atoms with van der Waals surface area (Å²) < 4.78 is 13.2. The van der Waals surface area contributed by atoms with Crippen molar-refractivity contribution in [1.29, 1.82) is 0 Å². The van der Waals surface area contributed by atoms with Crippen LogP contribution in [0, 0.1) is 0 Å². The van der Waals surface area contributed by atoms with Gasteiger partial charge in [-0.3, -0.25) is 4.79 Å². The van der Waals surface area contributed by atoms with Crippen LogP contribution in [0.1, 0.15) is 23.5 Å². The largest absolute Gasteiger partial charge is 0.497 e. The molecule has 4 aromatic rings. The Morgan fingerprint density at radius 1 is 1.10 bits per heavy atom. The van der Waals surface area contributed by atoms with Crippen LogP contribution in [0.4, 0.5) is 5.82 Å². The number of nitrogens with zero attached hydrogens (tertiary/aromatic N) is 3.